The lowest BCUT2D eigenvalue weighted by atomic mass is 10.3. The first-order valence-electron chi connectivity index (χ1n) is 6.08. The largest absolute Gasteiger partial charge is 0.315 e. The highest BCUT2D eigenvalue weighted by molar-refractivity contribution is 9.10. The SMILES string of the molecule is Cl.O=[N+]([O-])c1cc(Br)ccc1S(=O)(=O)N1CCCNCC1. The van der Waals surface area contributed by atoms with Gasteiger partial charge in [-0.25, -0.2) is 8.42 Å². The summed E-state index contributed by atoms with van der Waals surface area (Å²) >= 11 is 3.12. The molecule has 0 aromatic heterocycles. The van der Waals surface area contributed by atoms with Gasteiger partial charge in [0.2, 0.25) is 10.0 Å². The number of benzene rings is 1. The Labute approximate surface area is 137 Å². The predicted molar refractivity (Wildman–Crippen MR) is 84.3 cm³/mol. The molecule has 0 aliphatic carbocycles. The Bertz CT molecular complexity index is 618. The van der Waals surface area contributed by atoms with Gasteiger partial charge < -0.3 is 5.32 Å². The van der Waals surface area contributed by atoms with Crippen molar-refractivity contribution in [3.8, 4) is 0 Å². The molecule has 118 valence electrons. The van der Waals surface area contributed by atoms with Crippen LogP contribution in [-0.2, 0) is 10.0 Å². The first kappa shape index (κ1) is 18.3. The maximum Gasteiger partial charge on any atom is 0.290 e. The maximum atomic E-state index is 12.6. The van der Waals surface area contributed by atoms with Gasteiger partial charge in [0.05, 0.1) is 4.92 Å². The lowest BCUT2D eigenvalue weighted by Crippen LogP contribution is -2.34. The Kier molecular flexibility index (Phi) is 6.54. The molecule has 0 amide bonds. The molecule has 1 fully saturated rings. The van der Waals surface area contributed by atoms with Gasteiger partial charge in [-0.15, -0.1) is 12.4 Å². The van der Waals surface area contributed by atoms with E-state index in [4.69, 9.17) is 0 Å². The van der Waals surface area contributed by atoms with Gasteiger partial charge in [0.1, 0.15) is 0 Å². The molecule has 1 N–H and O–H groups in total. The van der Waals surface area contributed by atoms with Crippen molar-refractivity contribution < 1.29 is 13.3 Å². The second-order valence-corrected chi connectivity index (χ2v) is 7.20. The third-order valence-corrected chi connectivity index (χ3v) is 5.47. The molecule has 1 aromatic carbocycles. The van der Waals surface area contributed by atoms with Crippen LogP contribution >= 0.6 is 28.3 Å². The Morgan fingerprint density at radius 1 is 1.29 bits per heavy atom. The fourth-order valence-electron chi connectivity index (χ4n) is 2.05. The Morgan fingerprint density at radius 2 is 2.00 bits per heavy atom. The number of nitro benzene ring substituents is 1. The normalized spacial score (nSPS) is 16.8. The molecule has 1 aliphatic rings. The van der Waals surface area contributed by atoms with Crippen LogP contribution in [0.2, 0.25) is 0 Å². The molecule has 0 saturated carbocycles. The summed E-state index contributed by atoms with van der Waals surface area (Å²) in [6, 6.07) is 3.98. The van der Waals surface area contributed by atoms with Crippen LogP contribution in [0.5, 0.6) is 0 Å². The number of hydrogen-bond acceptors (Lipinski definition) is 5. The third-order valence-electron chi connectivity index (χ3n) is 3.03. The van der Waals surface area contributed by atoms with Crippen molar-refractivity contribution in [2.75, 3.05) is 26.2 Å². The summed E-state index contributed by atoms with van der Waals surface area (Å²) in [6.45, 7) is 1.97. The Morgan fingerprint density at radius 3 is 2.67 bits per heavy atom. The van der Waals surface area contributed by atoms with Gasteiger partial charge in [0.15, 0.2) is 4.90 Å². The van der Waals surface area contributed by atoms with E-state index in [-0.39, 0.29) is 17.3 Å². The second-order valence-electron chi connectivity index (χ2n) is 4.38. The van der Waals surface area contributed by atoms with Crippen LogP contribution < -0.4 is 5.32 Å². The fraction of sp³-hybridized carbons (Fsp3) is 0.455. The minimum atomic E-state index is -3.85. The van der Waals surface area contributed by atoms with Crippen LogP contribution in [0.15, 0.2) is 27.6 Å². The molecule has 1 saturated heterocycles. The molecule has 0 atom stereocenters. The first-order chi connectivity index (χ1) is 9.43. The monoisotopic (exact) mass is 399 g/mol. The number of nitrogens with zero attached hydrogens (tertiary/aromatic N) is 2. The zero-order valence-corrected chi connectivity index (χ0v) is 14.2. The number of nitrogens with one attached hydrogen (secondary N) is 1. The van der Waals surface area contributed by atoms with Gasteiger partial charge in [-0.2, -0.15) is 4.31 Å². The third kappa shape index (κ3) is 4.13. The minimum Gasteiger partial charge on any atom is -0.315 e. The molecular formula is C11H15BrClN3O4S. The maximum absolute atomic E-state index is 12.6. The molecule has 1 heterocycles. The van der Waals surface area contributed by atoms with E-state index in [1.807, 2.05) is 0 Å². The average molecular weight is 401 g/mol. The second kappa shape index (κ2) is 7.50. The fourth-order valence-corrected chi connectivity index (χ4v) is 4.02. The number of rotatable bonds is 3. The van der Waals surface area contributed by atoms with E-state index in [1.54, 1.807) is 0 Å². The van der Waals surface area contributed by atoms with E-state index in [1.165, 1.54) is 22.5 Å². The lowest BCUT2D eigenvalue weighted by Gasteiger charge is -2.19. The van der Waals surface area contributed by atoms with Gasteiger partial charge >= 0.3 is 0 Å². The first-order valence-corrected chi connectivity index (χ1v) is 8.31. The molecule has 10 heteroatoms. The van der Waals surface area contributed by atoms with Crippen LogP contribution in [0.25, 0.3) is 0 Å². The molecule has 0 bridgehead atoms. The number of sulfonamides is 1. The van der Waals surface area contributed by atoms with E-state index >= 15 is 0 Å². The summed E-state index contributed by atoms with van der Waals surface area (Å²) in [5.41, 5.74) is -0.406. The van der Waals surface area contributed by atoms with Crippen LogP contribution in [0.1, 0.15) is 6.42 Å². The molecule has 0 spiro atoms. The molecule has 2 rings (SSSR count). The smallest absolute Gasteiger partial charge is 0.290 e. The minimum absolute atomic E-state index is 0. The van der Waals surface area contributed by atoms with E-state index in [9.17, 15) is 18.5 Å². The van der Waals surface area contributed by atoms with Gasteiger partial charge in [-0.05, 0) is 25.1 Å². The molecule has 7 nitrogen and oxygen atoms in total. The number of nitro groups is 1. The topological polar surface area (TPSA) is 92.5 Å². The Hall–Kier alpha value is -0.740. The van der Waals surface area contributed by atoms with Crippen LogP contribution in [0.4, 0.5) is 5.69 Å². The lowest BCUT2D eigenvalue weighted by molar-refractivity contribution is -0.387. The van der Waals surface area contributed by atoms with Gasteiger partial charge in [0.25, 0.3) is 5.69 Å². The molecule has 21 heavy (non-hydrogen) atoms. The quantitative estimate of drug-likeness (QED) is 0.616. The van der Waals surface area contributed by atoms with E-state index in [2.05, 4.69) is 21.2 Å². The summed E-state index contributed by atoms with van der Waals surface area (Å²) in [4.78, 5) is 10.1. The Balaban J connectivity index is 0.00000220. The van der Waals surface area contributed by atoms with Crippen LogP contribution in [-0.4, -0.2) is 43.8 Å². The van der Waals surface area contributed by atoms with Crippen molar-refractivity contribution in [3.05, 3.63) is 32.8 Å². The summed E-state index contributed by atoms with van der Waals surface area (Å²) in [5.74, 6) is 0. The molecule has 1 aliphatic heterocycles. The summed E-state index contributed by atoms with van der Waals surface area (Å²) in [6.07, 6.45) is 0.684. The molecule has 1 aromatic rings. The molecule has 0 unspecified atom stereocenters. The van der Waals surface area contributed by atoms with Crippen molar-refractivity contribution in [3.63, 3.8) is 0 Å². The predicted octanol–water partition coefficient (Wildman–Crippen LogP) is 1.76. The zero-order valence-electron chi connectivity index (χ0n) is 11.0. The van der Waals surface area contributed by atoms with Crippen molar-refractivity contribution in [1.82, 2.24) is 9.62 Å². The van der Waals surface area contributed by atoms with Crippen molar-refractivity contribution in [1.29, 1.82) is 0 Å². The van der Waals surface area contributed by atoms with Gasteiger partial charge in [-0.1, -0.05) is 15.9 Å². The zero-order chi connectivity index (χ0) is 14.8. The number of hydrogen-bond donors (Lipinski definition) is 1. The standard InChI is InChI=1S/C11H14BrN3O4S.ClH/c12-9-2-3-11(10(8-9)15(16)17)20(18,19)14-6-1-4-13-5-7-14;/h2-3,8,13H,1,4-7H2;1H. The number of halogens is 2. The van der Waals surface area contributed by atoms with Crippen LogP contribution in [0.3, 0.4) is 0 Å². The van der Waals surface area contributed by atoms with Crippen molar-refractivity contribution in [2.45, 2.75) is 11.3 Å². The van der Waals surface area contributed by atoms with E-state index in [0.717, 1.165) is 6.54 Å². The van der Waals surface area contributed by atoms with Gasteiger partial charge in [0, 0.05) is 30.2 Å². The van der Waals surface area contributed by atoms with Crippen LogP contribution in [0, 0.1) is 10.1 Å². The highest BCUT2D eigenvalue weighted by atomic mass is 79.9. The molecule has 0 radical (unpaired) electrons. The summed E-state index contributed by atoms with van der Waals surface area (Å²) in [5, 5.41) is 14.2. The van der Waals surface area contributed by atoms with Gasteiger partial charge in [-0.3, -0.25) is 10.1 Å². The van der Waals surface area contributed by atoms with E-state index in [0.29, 0.717) is 30.5 Å². The highest BCUT2D eigenvalue weighted by Crippen LogP contribution is 2.29. The molecular weight excluding hydrogens is 386 g/mol. The average Bonchev–Trinajstić information content (AvgIpc) is 2.67. The summed E-state index contributed by atoms with van der Waals surface area (Å²) in [7, 11) is -3.85. The van der Waals surface area contributed by atoms with Crippen molar-refractivity contribution in [2.24, 2.45) is 0 Å². The van der Waals surface area contributed by atoms with E-state index < -0.39 is 20.6 Å². The summed E-state index contributed by atoms with van der Waals surface area (Å²) < 4.78 is 26.9. The van der Waals surface area contributed by atoms with Crippen molar-refractivity contribution >= 4 is 44.0 Å². The highest BCUT2D eigenvalue weighted by Gasteiger charge is 2.31.